The van der Waals surface area contributed by atoms with E-state index in [1.807, 2.05) is 30.3 Å². The summed E-state index contributed by atoms with van der Waals surface area (Å²) in [4.78, 5) is 12.4. The molecular weight excluding hydrogens is 278 g/mol. The molecule has 0 aliphatic heterocycles. The van der Waals surface area contributed by atoms with E-state index in [0.717, 1.165) is 31.2 Å². The van der Waals surface area contributed by atoms with Crippen LogP contribution < -0.4 is 11.1 Å². The summed E-state index contributed by atoms with van der Waals surface area (Å²) in [7, 11) is 0. The highest BCUT2D eigenvalue weighted by Crippen LogP contribution is 2.28. The fraction of sp³-hybridized carbons (Fsp3) is 0.412. The third kappa shape index (κ3) is 3.13. The van der Waals surface area contributed by atoms with Crippen molar-refractivity contribution in [3.63, 3.8) is 0 Å². The molecule has 5 nitrogen and oxygen atoms in total. The summed E-state index contributed by atoms with van der Waals surface area (Å²) in [6, 6.07) is 9.70. The SMILES string of the molecule is Nc1c(-c2ccccc2)noc1C(=O)NC1CCCCCC1. The van der Waals surface area contributed by atoms with Gasteiger partial charge in [0.15, 0.2) is 0 Å². The molecule has 2 aromatic rings. The highest BCUT2D eigenvalue weighted by Gasteiger charge is 2.23. The first-order chi connectivity index (χ1) is 10.8. The van der Waals surface area contributed by atoms with E-state index in [1.54, 1.807) is 0 Å². The standard InChI is InChI=1S/C17H21N3O2/c18-14-15(12-8-4-3-5-9-12)20-22-16(14)17(21)19-13-10-6-1-2-7-11-13/h3-5,8-9,13H,1-2,6-7,10-11,18H2,(H,19,21). The van der Waals surface area contributed by atoms with Crippen molar-refractivity contribution >= 4 is 11.6 Å². The van der Waals surface area contributed by atoms with Crippen LogP contribution in [0.2, 0.25) is 0 Å². The van der Waals surface area contributed by atoms with Crippen LogP contribution in [0.1, 0.15) is 49.1 Å². The van der Waals surface area contributed by atoms with Gasteiger partial charge >= 0.3 is 0 Å². The summed E-state index contributed by atoms with van der Waals surface area (Å²) in [5.74, 6) is -0.151. The highest BCUT2D eigenvalue weighted by molar-refractivity contribution is 5.99. The quantitative estimate of drug-likeness (QED) is 0.851. The van der Waals surface area contributed by atoms with Gasteiger partial charge in [0.05, 0.1) is 0 Å². The zero-order chi connectivity index (χ0) is 15.4. The Balaban J connectivity index is 1.74. The molecule has 0 spiro atoms. The first-order valence-electron chi connectivity index (χ1n) is 7.87. The number of nitrogens with one attached hydrogen (secondary N) is 1. The van der Waals surface area contributed by atoms with Gasteiger partial charge in [-0.25, -0.2) is 0 Å². The van der Waals surface area contributed by atoms with Gasteiger partial charge in [-0.1, -0.05) is 61.2 Å². The number of nitrogens with two attached hydrogens (primary N) is 1. The average Bonchev–Trinajstić information content (AvgIpc) is 2.75. The molecule has 0 radical (unpaired) electrons. The van der Waals surface area contributed by atoms with E-state index in [4.69, 9.17) is 10.3 Å². The van der Waals surface area contributed by atoms with Gasteiger partial charge in [-0.15, -0.1) is 0 Å². The lowest BCUT2D eigenvalue weighted by Gasteiger charge is -2.14. The second-order valence-corrected chi connectivity index (χ2v) is 5.80. The van der Waals surface area contributed by atoms with Gasteiger partial charge in [0.2, 0.25) is 5.76 Å². The molecular formula is C17H21N3O2. The molecule has 1 amide bonds. The van der Waals surface area contributed by atoms with Crippen LogP contribution in [-0.4, -0.2) is 17.1 Å². The maximum Gasteiger partial charge on any atom is 0.292 e. The first-order valence-corrected chi connectivity index (χ1v) is 7.87. The lowest BCUT2D eigenvalue weighted by molar-refractivity contribution is 0.0897. The second kappa shape index (κ2) is 6.64. The van der Waals surface area contributed by atoms with Gasteiger partial charge in [0, 0.05) is 11.6 Å². The topological polar surface area (TPSA) is 81.2 Å². The summed E-state index contributed by atoms with van der Waals surface area (Å²) >= 11 is 0. The number of carbonyl (C=O) groups is 1. The molecule has 0 unspecified atom stereocenters. The van der Waals surface area contributed by atoms with E-state index in [2.05, 4.69) is 10.5 Å². The maximum atomic E-state index is 12.4. The Morgan fingerprint density at radius 2 is 1.82 bits per heavy atom. The van der Waals surface area contributed by atoms with Gasteiger partial charge in [0.1, 0.15) is 11.4 Å². The van der Waals surface area contributed by atoms with Crippen molar-refractivity contribution in [1.82, 2.24) is 10.5 Å². The van der Waals surface area contributed by atoms with Crippen molar-refractivity contribution in [1.29, 1.82) is 0 Å². The van der Waals surface area contributed by atoms with E-state index >= 15 is 0 Å². The molecule has 1 aliphatic rings. The molecule has 5 heteroatoms. The van der Waals surface area contributed by atoms with Gasteiger partial charge < -0.3 is 15.6 Å². The summed E-state index contributed by atoms with van der Waals surface area (Å²) in [5, 5.41) is 6.99. The Morgan fingerprint density at radius 1 is 1.14 bits per heavy atom. The van der Waals surface area contributed by atoms with Gasteiger partial charge in [-0.05, 0) is 12.8 Å². The minimum Gasteiger partial charge on any atom is -0.394 e. The molecule has 1 heterocycles. The van der Waals surface area contributed by atoms with Crippen LogP contribution in [0.5, 0.6) is 0 Å². The number of benzene rings is 1. The minimum atomic E-state index is -0.265. The molecule has 1 aliphatic carbocycles. The predicted molar refractivity (Wildman–Crippen MR) is 85.3 cm³/mol. The molecule has 3 N–H and O–H groups in total. The zero-order valence-corrected chi connectivity index (χ0v) is 12.5. The predicted octanol–water partition coefficient (Wildman–Crippen LogP) is 3.38. The highest BCUT2D eigenvalue weighted by atomic mass is 16.5. The molecule has 1 aromatic carbocycles. The number of aromatic nitrogens is 1. The van der Waals surface area contributed by atoms with Crippen molar-refractivity contribution in [3.05, 3.63) is 36.1 Å². The number of nitrogens with zero attached hydrogens (tertiary/aromatic N) is 1. The van der Waals surface area contributed by atoms with Crippen LogP contribution in [0.3, 0.4) is 0 Å². The molecule has 0 bridgehead atoms. The summed E-state index contributed by atoms with van der Waals surface area (Å²) in [5.41, 5.74) is 7.72. The maximum absolute atomic E-state index is 12.4. The van der Waals surface area contributed by atoms with Crippen molar-refractivity contribution in [2.24, 2.45) is 0 Å². The minimum absolute atomic E-state index is 0.114. The number of nitrogen functional groups attached to an aromatic ring is 1. The number of anilines is 1. The van der Waals surface area contributed by atoms with Gasteiger partial charge in [-0.2, -0.15) is 0 Å². The molecule has 1 fully saturated rings. The molecule has 0 atom stereocenters. The van der Waals surface area contributed by atoms with Crippen LogP contribution in [0.15, 0.2) is 34.9 Å². The van der Waals surface area contributed by atoms with Crippen molar-refractivity contribution in [2.75, 3.05) is 5.73 Å². The van der Waals surface area contributed by atoms with E-state index in [0.29, 0.717) is 11.4 Å². The smallest absolute Gasteiger partial charge is 0.292 e. The van der Waals surface area contributed by atoms with Crippen LogP contribution in [0.4, 0.5) is 5.69 Å². The summed E-state index contributed by atoms with van der Waals surface area (Å²) in [6.45, 7) is 0. The van der Waals surface area contributed by atoms with Crippen LogP contribution in [0, 0.1) is 0 Å². The Hall–Kier alpha value is -2.30. The number of hydrogen-bond donors (Lipinski definition) is 2. The van der Waals surface area contributed by atoms with Crippen molar-refractivity contribution in [2.45, 2.75) is 44.6 Å². The van der Waals surface area contributed by atoms with Crippen LogP contribution in [0.25, 0.3) is 11.3 Å². The molecule has 3 rings (SSSR count). The number of hydrogen-bond acceptors (Lipinski definition) is 4. The Morgan fingerprint density at radius 3 is 2.50 bits per heavy atom. The number of amides is 1. The first kappa shape index (κ1) is 14.6. The van der Waals surface area contributed by atoms with Gasteiger partial charge in [-0.3, -0.25) is 4.79 Å². The van der Waals surface area contributed by atoms with E-state index in [1.165, 1.54) is 12.8 Å². The Labute approximate surface area is 129 Å². The molecule has 1 saturated carbocycles. The van der Waals surface area contributed by atoms with E-state index in [9.17, 15) is 4.79 Å². The zero-order valence-electron chi connectivity index (χ0n) is 12.5. The normalized spacial score (nSPS) is 16.2. The third-order valence-corrected chi connectivity index (χ3v) is 4.17. The molecule has 0 saturated heterocycles. The average molecular weight is 299 g/mol. The molecule has 22 heavy (non-hydrogen) atoms. The number of rotatable bonds is 3. The lowest BCUT2D eigenvalue weighted by Crippen LogP contribution is -2.34. The lowest BCUT2D eigenvalue weighted by atomic mass is 10.1. The van der Waals surface area contributed by atoms with E-state index < -0.39 is 0 Å². The second-order valence-electron chi connectivity index (χ2n) is 5.80. The molecule has 116 valence electrons. The van der Waals surface area contributed by atoms with Crippen LogP contribution >= 0.6 is 0 Å². The monoisotopic (exact) mass is 299 g/mol. The van der Waals surface area contributed by atoms with E-state index in [-0.39, 0.29) is 17.7 Å². The number of carbonyl (C=O) groups excluding carboxylic acids is 1. The molecule has 1 aromatic heterocycles. The Kier molecular flexibility index (Phi) is 4.42. The summed E-state index contributed by atoms with van der Waals surface area (Å²) in [6.07, 6.45) is 6.85. The third-order valence-electron chi connectivity index (χ3n) is 4.17. The van der Waals surface area contributed by atoms with Crippen molar-refractivity contribution in [3.8, 4) is 11.3 Å². The summed E-state index contributed by atoms with van der Waals surface area (Å²) < 4.78 is 5.20. The van der Waals surface area contributed by atoms with Gasteiger partial charge in [0.25, 0.3) is 5.91 Å². The van der Waals surface area contributed by atoms with Crippen molar-refractivity contribution < 1.29 is 9.32 Å². The fourth-order valence-corrected chi connectivity index (χ4v) is 2.94. The largest absolute Gasteiger partial charge is 0.394 e. The fourth-order valence-electron chi connectivity index (χ4n) is 2.94. The Bertz CT molecular complexity index is 629. The van der Waals surface area contributed by atoms with Crippen LogP contribution in [-0.2, 0) is 0 Å².